The number of ether oxygens (including phenoxy) is 4. The third kappa shape index (κ3) is 12.9. The third-order valence-electron chi connectivity index (χ3n) is 8.45. The Kier molecular flexibility index (Phi) is 14.1. The normalized spacial score (nSPS) is 12.4. The maximum absolute atomic E-state index is 13.9. The number of alkyl halides is 3. The van der Waals surface area contributed by atoms with Crippen LogP contribution in [0.25, 0.3) is 16.8 Å². The maximum atomic E-state index is 13.9. The number of hydrogen-bond acceptors (Lipinski definition) is 12. The zero-order valence-corrected chi connectivity index (χ0v) is 35.0. The van der Waals surface area contributed by atoms with Gasteiger partial charge in [0.2, 0.25) is 12.7 Å². The predicted molar refractivity (Wildman–Crippen MR) is 216 cm³/mol. The van der Waals surface area contributed by atoms with Gasteiger partial charge < -0.3 is 29.6 Å². The number of fused-ring (bicyclic) bond motifs is 1. The smallest absolute Gasteiger partial charge is 0.424 e. The Morgan fingerprint density at radius 1 is 0.887 bits per heavy atom. The molecule has 0 radical (unpaired) electrons. The number of amides is 3. The van der Waals surface area contributed by atoms with Crippen LogP contribution in [0.5, 0.6) is 5.75 Å². The lowest BCUT2D eigenvalue weighted by molar-refractivity contribution is -0.155. The van der Waals surface area contributed by atoms with Crippen molar-refractivity contribution in [3.05, 3.63) is 96.4 Å². The van der Waals surface area contributed by atoms with E-state index in [1.54, 1.807) is 65.0 Å². The summed E-state index contributed by atoms with van der Waals surface area (Å²) in [4.78, 5) is 56.4. The number of aromatic nitrogens is 3. The molecule has 3 aromatic carbocycles. The molecule has 2 aromatic heterocycles. The summed E-state index contributed by atoms with van der Waals surface area (Å²) in [5, 5.41) is 9.52. The lowest BCUT2D eigenvalue weighted by atomic mass is 10.1. The van der Waals surface area contributed by atoms with Crippen molar-refractivity contribution in [2.24, 2.45) is 5.92 Å². The SMILES string of the molecule is CC(C)C(NC(=O)OC(C)(C)C)C(=O)OCOC(=O)N(c1nc2ccc(-c3ccc(NC(=O)Cc4ccc(F)cc4)cc3)cn2n1)c1ccc(S(C)(=O)=O)cc1OCC(F)(F)F. The molecule has 0 saturated heterocycles. The first-order valence-electron chi connectivity index (χ1n) is 18.6. The number of halogens is 4. The number of esters is 1. The summed E-state index contributed by atoms with van der Waals surface area (Å²) in [6.45, 7) is 5.13. The minimum Gasteiger partial charge on any atom is -0.482 e. The number of hydrogen-bond donors (Lipinski definition) is 2. The van der Waals surface area contributed by atoms with E-state index in [4.69, 9.17) is 18.9 Å². The second-order valence-corrected chi connectivity index (χ2v) is 17.1. The molecular weight excluding hydrogens is 845 g/mol. The summed E-state index contributed by atoms with van der Waals surface area (Å²) in [6, 6.07) is 17.0. The molecule has 1 unspecified atom stereocenters. The van der Waals surface area contributed by atoms with Crippen LogP contribution in [0.4, 0.5) is 44.5 Å². The standard InChI is InChI=1S/C41H42F4N6O10S/c1-24(2)35(48-38(54)61-40(3,4)5)36(53)59-23-60-39(55)51(31-17-16-30(62(6,56)57)20-32(31)58-22-41(43,44)45)37-47-33-18-11-27(21-50(33)49-37)26-9-14-29(15-10-26)46-34(52)19-25-7-12-28(42)13-8-25/h7-18,20-21,24,35H,19,22-23H2,1-6H3,(H,46,52)(H,48,54). The number of benzene rings is 3. The number of rotatable bonds is 14. The fraction of sp³-hybridized carbons (Fsp3) is 0.317. The van der Waals surface area contributed by atoms with Crippen molar-refractivity contribution in [1.82, 2.24) is 19.9 Å². The van der Waals surface area contributed by atoms with Crippen molar-refractivity contribution in [3.8, 4) is 16.9 Å². The molecule has 2 N–H and O–H groups in total. The van der Waals surface area contributed by atoms with Crippen molar-refractivity contribution in [2.75, 3.05) is 29.9 Å². The molecule has 0 aliphatic heterocycles. The van der Waals surface area contributed by atoms with Crippen LogP contribution >= 0.6 is 0 Å². The van der Waals surface area contributed by atoms with Crippen molar-refractivity contribution < 1.29 is 64.1 Å². The van der Waals surface area contributed by atoms with Crippen molar-refractivity contribution >= 4 is 56.9 Å². The van der Waals surface area contributed by atoms with Crippen molar-refractivity contribution in [2.45, 2.75) is 63.8 Å². The average Bonchev–Trinajstić information content (AvgIpc) is 3.59. The highest BCUT2D eigenvalue weighted by atomic mass is 32.2. The van der Waals surface area contributed by atoms with Gasteiger partial charge in [0.1, 0.15) is 23.2 Å². The highest BCUT2D eigenvalue weighted by Gasteiger charge is 2.33. The number of carbonyl (C=O) groups excluding carboxylic acids is 4. The molecule has 0 aliphatic carbocycles. The predicted octanol–water partition coefficient (Wildman–Crippen LogP) is 7.39. The molecule has 5 rings (SSSR count). The number of anilines is 3. The number of carbonyl (C=O) groups is 4. The van der Waals surface area contributed by atoms with E-state index in [2.05, 4.69) is 20.7 Å². The van der Waals surface area contributed by atoms with Crippen molar-refractivity contribution in [1.29, 1.82) is 0 Å². The van der Waals surface area contributed by atoms with E-state index in [-0.39, 0.29) is 18.0 Å². The van der Waals surface area contributed by atoms with Crippen LogP contribution in [0.3, 0.4) is 0 Å². The monoisotopic (exact) mass is 886 g/mol. The highest BCUT2D eigenvalue weighted by Crippen LogP contribution is 2.37. The second-order valence-electron chi connectivity index (χ2n) is 15.1. The first-order valence-corrected chi connectivity index (χ1v) is 20.5. The van der Waals surface area contributed by atoms with E-state index in [0.29, 0.717) is 27.3 Å². The largest absolute Gasteiger partial charge is 0.482 e. The van der Waals surface area contributed by atoms with E-state index in [9.17, 15) is 45.2 Å². The number of nitrogens with one attached hydrogen (secondary N) is 2. The van der Waals surface area contributed by atoms with Crippen LogP contribution in [0.15, 0.2) is 90.0 Å². The van der Waals surface area contributed by atoms with Crippen LogP contribution in [-0.4, -0.2) is 84.6 Å². The molecule has 21 heteroatoms. The quantitative estimate of drug-likeness (QED) is 0.0639. The molecule has 1 atom stereocenters. The summed E-state index contributed by atoms with van der Waals surface area (Å²) < 4.78 is 100. The van der Waals surface area contributed by atoms with Gasteiger partial charge in [-0.15, -0.1) is 5.10 Å². The molecule has 0 fully saturated rings. The van der Waals surface area contributed by atoms with Gasteiger partial charge in [0.05, 0.1) is 17.0 Å². The van der Waals surface area contributed by atoms with Gasteiger partial charge in [0.25, 0.3) is 5.95 Å². The van der Waals surface area contributed by atoms with E-state index >= 15 is 0 Å². The summed E-state index contributed by atoms with van der Waals surface area (Å²) in [5.41, 5.74) is 1.11. The van der Waals surface area contributed by atoms with Gasteiger partial charge in [-0.1, -0.05) is 38.1 Å². The fourth-order valence-electron chi connectivity index (χ4n) is 5.57. The van der Waals surface area contributed by atoms with Gasteiger partial charge in [-0.05, 0) is 86.3 Å². The second kappa shape index (κ2) is 18.9. The van der Waals surface area contributed by atoms with Crippen LogP contribution < -0.4 is 20.3 Å². The third-order valence-corrected chi connectivity index (χ3v) is 9.56. The molecule has 3 amide bonds. The molecule has 5 aromatic rings. The Morgan fingerprint density at radius 2 is 1.55 bits per heavy atom. The van der Waals surface area contributed by atoms with E-state index in [1.807, 2.05) is 0 Å². The van der Waals surface area contributed by atoms with Gasteiger partial charge in [-0.3, -0.25) is 4.79 Å². The average molecular weight is 887 g/mol. The van der Waals surface area contributed by atoms with Gasteiger partial charge in [-0.2, -0.15) is 18.2 Å². The van der Waals surface area contributed by atoms with Crippen molar-refractivity contribution in [3.63, 3.8) is 0 Å². The first kappa shape index (κ1) is 46.3. The zero-order chi connectivity index (χ0) is 45.6. The van der Waals surface area contributed by atoms with E-state index < -0.39 is 93.2 Å². The van der Waals surface area contributed by atoms with Gasteiger partial charge >= 0.3 is 24.3 Å². The summed E-state index contributed by atoms with van der Waals surface area (Å²) in [7, 11) is -4.00. The van der Waals surface area contributed by atoms with Crippen LogP contribution in [0.1, 0.15) is 40.2 Å². The summed E-state index contributed by atoms with van der Waals surface area (Å²) >= 11 is 0. The van der Waals surface area contributed by atoms with Gasteiger partial charge in [-0.25, -0.2) is 36.6 Å². The van der Waals surface area contributed by atoms with E-state index in [1.165, 1.54) is 41.0 Å². The zero-order valence-electron chi connectivity index (χ0n) is 34.2. The van der Waals surface area contributed by atoms with Crippen LogP contribution in [-0.2, 0) is 40.1 Å². The molecule has 0 bridgehead atoms. The molecule has 0 saturated carbocycles. The molecular formula is C41H42F4N6O10S. The molecule has 62 heavy (non-hydrogen) atoms. The van der Waals surface area contributed by atoms with Crippen LogP contribution in [0.2, 0.25) is 0 Å². The van der Waals surface area contributed by atoms with Gasteiger partial charge in [0.15, 0.2) is 22.1 Å². The highest BCUT2D eigenvalue weighted by molar-refractivity contribution is 7.90. The Hall–Kier alpha value is -6.77. The molecule has 16 nitrogen and oxygen atoms in total. The summed E-state index contributed by atoms with van der Waals surface area (Å²) in [5.74, 6) is -3.48. The Labute approximate surface area is 353 Å². The molecule has 2 heterocycles. The summed E-state index contributed by atoms with van der Waals surface area (Å²) in [6.07, 6.45) is -4.83. The molecule has 330 valence electrons. The topological polar surface area (TPSA) is 197 Å². The minimum absolute atomic E-state index is 0.0206. The Balaban J connectivity index is 1.43. The number of nitrogens with zero attached hydrogens (tertiary/aromatic N) is 4. The number of sulfone groups is 1. The fourth-order valence-corrected chi connectivity index (χ4v) is 6.21. The van der Waals surface area contributed by atoms with E-state index in [0.717, 1.165) is 24.5 Å². The lowest BCUT2D eigenvalue weighted by Crippen LogP contribution is -2.47. The Bertz CT molecular complexity index is 2540. The van der Waals surface area contributed by atoms with Crippen LogP contribution in [0, 0.1) is 11.7 Å². The van der Waals surface area contributed by atoms with Gasteiger partial charge in [0, 0.05) is 29.8 Å². The Morgan fingerprint density at radius 3 is 2.16 bits per heavy atom. The molecule has 0 aliphatic rings. The lowest BCUT2D eigenvalue weighted by Gasteiger charge is -2.25. The maximum Gasteiger partial charge on any atom is 0.424 e. The minimum atomic E-state index is -4.89. The first-order chi connectivity index (χ1) is 29.0. The number of pyridine rings is 1. The number of alkyl carbamates (subject to hydrolysis) is 1. The molecule has 0 spiro atoms.